The van der Waals surface area contributed by atoms with Crippen LogP contribution in [0, 0.1) is 11.8 Å². The van der Waals surface area contributed by atoms with Crippen molar-refractivity contribution < 1.29 is 24.2 Å². The minimum Gasteiger partial charge on any atom is -0.445 e. The van der Waals surface area contributed by atoms with Crippen LogP contribution in [-0.2, 0) is 20.9 Å². The zero-order valence-corrected chi connectivity index (χ0v) is 21.4. The van der Waals surface area contributed by atoms with Crippen LogP contribution >= 0.6 is 11.6 Å². The van der Waals surface area contributed by atoms with Gasteiger partial charge in [-0.15, -0.1) is 0 Å². The zero-order chi connectivity index (χ0) is 25.4. The number of benzene rings is 1. The molecule has 0 radical (unpaired) electrons. The predicted octanol–water partition coefficient (Wildman–Crippen LogP) is 3.69. The Morgan fingerprint density at radius 2 is 1.94 bits per heavy atom. The highest BCUT2D eigenvalue weighted by Crippen LogP contribution is 2.29. The molecule has 3 amide bonds. The van der Waals surface area contributed by atoms with Gasteiger partial charge in [-0.25, -0.2) is 4.79 Å². The van der Waals surface area contributed by atoms with Crippen molar-refractivity contribution in [2.75, 3.05) is 6.61 Å². The Morgan fingerprint density at radius 3 is 2.57 bits per heavy atom. The summed E-state index contributed by atoms with van der Waals surface area (Å²) in [6, 6.07) is 5.67. The van der Waals surface area contributed by atoms with Gasteiger partial charge in [0.1, 0.15) is 12.6 Å². The lowest BCUT2D eigenvalue weighted by Gasteiger charge is -2.28. The van der Waals surface area contributed by atoms with Crippen LogP contribution in [0.1, 0.15) is 70.8 Å². The second-order valence-corrected chi connectivity index (χ2v) is 11.0. The van der Waals surface area contributed by atoms with Crippen molar-refractivity contribution in [2.24, 2.45) is 11.8 Å². The molecule has 35 heavy (non-hydrogen) atoms. The van der Waals surface area contributed by atoms with Crippen LogP contribution in [-0.4, -0.2) is 47.2 Å². The molecule has 0 spiro atoms. The molecular formula is C26H38ClN3O5. The lowest BCUT2D eigenvalue weighted by Crippen LogP contribution is -2.51. The summed E-state index contributed by atoms with van der Waals surface area (Å²) < 4.78 is 5.34. The molecule has 1 saturated carbocycles. The number of ether oxygens (including phenoxy) is 1. The average molecular weight is 508 g/mol. The number of hydrogen-bond acceptors (Lipinski definition) is 5. The van der Waals surface area contributed by atoms with Crippen LogP contribution in [0.5, 0.6) is 0 Å². The maximum Gasteiger partial charge on any atom is 0.408 e. The first-order chi connectivity index (χ1) is 16.6. The molecule has 3 rings (SSSR count). The fraction of sp³-hybridized carbons (Fsp3) is 0.654. The van der Waals surface area contributed by atoms with E-state index in [1.54, 1.807) is 24.3 Å². The molecule has 1 aromatic rings. The summed E-state index contributed by atoms with van der Waals surface area (Å²) in [4.78, 5) is 38.1. The van der Waals surface area contributed by atoms with Crippen LogP contribution in [0.15, 0.2) is 24.3 Å². The molecule has 1 heterocycles. The summed E-state index contributed by atoms with van der Waals surface area (Å²) in [5.41, 5.74) is 0.447. The molecule has 1 saturated heterocycles. The van der Waals surface area contributed by atoms with Crippen LogP contribution in [0.25, 0.3) is 0 Å². The lowest BCUT2D eigenvalue weighted by molar-refractivity contribution is -0.126. The van der Waals surface area contributed by atoms with E-state index in [-0.39, 0.29) is 36.5 Å². The van der Waals surface area contributed by atoms with E-state index in [9.17, 15) is 19.5 Å². The van der Waals surface area contributed by atoms with Crippen molar-refractivity contribution in [1.29, 1.82) is 0 Å². The largest absolute Gasteiger partial charge is 0.445 e. The molecule has 1 aromatic carbocycles. The first-order valence-electron chi connectivity index (χ1n) is 12.6. The molecule has 3 atom stereocenters. The van der Waals surface area contributed by atoms with E-state index in [0.717, 1.165) is 31.2 Å². The van der Waals surface area contributed by atoms with Gasteiger partial charge in [0.15, 0.2) is 0 Å². The minimum absolute atomic E-state index is 0.0377. The van der Waals surface area contributed by atoms with Gasteiger partial charge in [-0.1, -0.05) is 55.8 Å². The fourth-order valence-electron chi connectivity index (χ4n) is 5.16. The molecule has 2 aliphatic rings. The first kappa shape index (κ1) is 27.3. The zero-order valence-electron chi connectivity index (χ0n) is 20.6. The van der Waals surface area contributed by atoms with Gasteiger partial charge in [0.25, 0.3) is 0 Å². The van der Waals surface area contributed by atoms with Crippen molar-refractivity contribution >= 4 is 29.5 Å². The van der Waals surface area contributed by atoms with E-state index < -0.39 is 18.2 Å². The van der Waals surface area contributed by atoms with Crippen LogP contribution in [0.3, 0.4) is 0 Å². The summed E-state index contributed by atoms with van der Waals surface area (Å²) in [6.07, 6.45) is 6.26. The summed E-state index contributed by atoms with van der Waals surface area (Å²) in [6.45, 7) is 3.66. The number of carbonyl (C=O) groups excluding carboxylic acids is 3. The van der Waals surface area contributed by atoms with E-state index in [1.165, 1.54) is 6.42 Å². The fourth-order valence-corrected chi connectivity index (χ4v) is 5.37. The quantitative estimate of drug-likeness (QED) is 0.385. The number of amides is 3. The molecule has 1 aliphatic carbocycles. The Morgan fingerprint density at radius 1 is 1.20 bits per heavy atom. The minimum atomic E-state index is -0.784. The standard InChI is InChI=1S/C26H38ClN3O5/c1-26(2)14-19(23(32)30-26)13-21(15-31)28-24(33)22(12-17-7-4-3-5-8-17)29-25(34)35-16-18-9-6-10-20(27)11-18/h6,9-11,17,19,21-22,31H,3-5,7-8,12-16H2,1-2H3,(H,28,33)(H,29,34)(H,30,32)/t19?,21?,22-/m0/s1. The summed E-state index contributed by atoms with van der Waals surface area (Å²) >= 11 is 5.99. The highest BCUT2D eigenvalue weighted by Gasteiger charge is 2.39. The highest BCUT2D eigenvalue weighted by atomic mass is 35.5. The Labute approximate surface area is 212 Å². The molecule has 0 aromatic heterocycles. The van der Waals surface area contributed by atoms with Gasteiger partial charge in [-0.3, -0.25) is 9.59 Å². The third kappa shape index (κ3) is 8.69. The van der Waals surface area contributed by atoms with E-state index >= 15 is 0 Å². The first-order valence-corrected chi connectivity index (χ1v) is 12.9. The van der Waals surface area contributed by atoms with E-state index in [4.69, 9.17) is 16.3 Å². The van der Waals surface area contributed by atoms with Gasteiger partial charge in [-0.2, -0.15) is 0 Å². The Kier molecular flexibility index (Phi) is 9.80. The third-order valence-corrected chi connectivity index (χ3v) is 7.12. The van der Waals surface area contributed by atoms with Crippen LogP contribution in [0.4, 0.5) is 4.79 Å². The number of carbonyl (C=O) groups is 3. The number of aliphatic hydroxyl groups is 1. The summed E-state index contributed by atoms with van der Waals surface area (Å²) in [5.74, 6) is -0.382. The van der Waals surface area contributed by atoms with Gasteiger partial charge < -0.3 is 25.8 Å². The van der Waals surface area contributed by atoms with Crippen molar-refractivity contribution in [1.82, 2.24) is 16.0 Å². The molecular weight excluding hydrogens is 470 g/mol. The monoisotopic (exact) mass is 507 g/mol. The molecule has 194 valence electrons. The van der Waals surface area contributed by atoms with Crippen molar-refractivity contribution in [3.05, 3.63) is 34.9 Å². The molecule has 2 unspecified atom stereocenters. The Bertz CT molecular complexity index is 887. The molecule has 0 bridgehead atoms. The van der Waals surface area contributed by atoms with Crippen molar-refractivity contribution in [3.63, 3.8) is 0 Å². The van der Waals surface area contributed by atoms with E-state index in [1.807, 2.05) is 13.8 Å². The van der Waals surface area contributed by atoms with Gasteiger partial charge in [0.05, 0.1) is 12.6 Å². The number of alkyl carbamates (subject to hydrolysis) is 1. The smallest absolute Gasteiger partial charge is 0.408 e. The van der Waals surface area contributed by atoms with Gasteiger partial charge >= 0.3 is 6.09 Å². The SMILES string of the molecule is CC1(C)CC(CC(CO)NC(=O)[C@H](CC2CCCCC2)NC(=O)OCc2cccc(Cl)c2)C(=O)N1. The Balaban J connectivity index is 1.60. The number of hydrogen-bond donors (Lipinski definition) is 4. The second-order valence-electron chi connectivity index (χ2n) is 10.5. The lowest BCUT2D eigenvalue weighted by atomic mass is 9.84. The second kappa shape index (κ2) is 12.6. The third-order valence-electron chi connectivity index (χ3n) is 6.89. The molecule has 9 heteroatoms. The maximum absolute atomic E-state index is 13.2. The predicted molar refractivity (Wildman–Crippen MR) is 134 cm³/mol. The van der Waals surface area contributed by atoms with Gasteiger partial charge in [0.2, 0.25) is 11.8 Å². The summed E-state index contributed by atoms with van der Waals surface area (Å²) in [7, 11) is 0. The maximum atomic E-state index is 13.2. The number of nitrogens with one attached hydrogen (secondary N) is 3. The molecule has 1 aliphatic heterocycles. The van der Waals surface area contributed by atoms with Gasteiger partial charge in [0, 0.05) is 16.5 Å². The van der Waals surface area contributed by atoms with Crippen molar-refractivity contribution in [2.45, 2.75) is 89.4 Å². The van der Waals surface area contributed by atoms with E-state index in [0.29, 0.717) is 30.2 Å². The van der Waals surface area contributed by atoms with E-state index in [2.05, 4.69) is 16.0 Å². The number of halogens is 1. The summed E-state index contributed by atoms with van der Waals surface area (Å²) in [5, 5.41) is 19.0. The Hall–Kier alpha value is -2.32. The average Bonchev–Trinajstić information content (AvgIpc) is 3.08. The van der Waals surface area contributed by atoms with Crippen LogP contribution in [0.2, 0.25) is 5.02 Å². The van der Waals surface area contributed by atoms with Gasteiger partial charge in [-0.05, 0) is 56.7 Å². The van der Waals surface area contributed by atoms with Crippen molar-refractivity contribution in [3.8, 4) is 0 Å². The van der Waals surface area contributed by atoms with Crippen LogP contribution < -0.4 is 16.0 Å². The molecule has 2 fully saturated rings. The molecule has 4 N–H and O–H groups in total. The number of aliphatic hydroxyl groups excluding tert-OH is 1. The normalized spacial score (nSPS) is 21.6. The highest BCUT2D eigenvalue weighted by molar-refractivity contribution is 6.30. The number of rotatable bonds is 10. The topological polar surface area (TPSA) is 117 Å². The molecule has 8 nitrogen and oxygen atoms in total.